The van der Waals surface area contributed by atoms with Gasteiger partial charge >= 0.3 is 12.8 Å². The summed E-state index contributed by atoms with van der Waals surface area (Å²) in [6, 6.07) is 4.28. The molecule has 1 N–H and O–H groups in total. The average molecular weight is 536 g/mol. The smallest absolute Gasteiger partial charge is 0.389 e. The van der Waals surface area contributed by atoms with E-state index in [4.69, 9.17) is 16.3 Å². The number of nitrogens with one attached hydrogen (secondary N) is 1. The third-order valence-electron chi connectivity index (χ3n) is 6.54. The first-order chi connectivity index (χ1) is 17.0. The first kappa shape index (κ1) is 28.2. The molecule has 1 aliphatic carbocycles. The van der Waals surface area contributed by atoms with Crippen molar-refractivity contribution < 1.29 is 31.5 Å². The molecule has 1 aromatic heterocycles. The third-order valence-corrected chi connectivity index (χ3v) is 6.90. The summed E-state index contributed by atoms with van der Waals surface area (Å²) in [5.74, 6) is 0.379. The van der Waals surface area contributed by atoms with Crippen LogP contribution in [0, 0.1) is 11.8 Å². The summed E-state index contributed by atoms with van der Waals surface area (Å²) in [6.45, 7) is 1.62. The second-order valence-corrected chi connectivity index (χ2v) is 9.72. The maximum Gasteiger partial charge on any atom is 0.389 e. The predicted octanol–water partition coefficient (Wildman–Crippen LogP) is 7.27. The lowest BCUT2D eigenvalue weighted by molar-refractivity contribution is -0.135. The number of carbonyl (C=O) groups is 1. The van der Waals surface area contributed by atoms with Crippen LogP contribution in [0.2, 0.25) is 5.02 Å². The van der Waals surface area contributed by atoms with E-state index in [0.29, 0.717) is 30.5 Å². The van der Waals surface area contributed by atoms with E-state index in [1.165, 1.54) is 22.9 Å². The first-order valence-corrected chi connectivity index (χ1v) is 12.6. The summed E-state index contributed by atoms with van der Waals surface area (Å²) in [7, 11) is 0. The molecule has 0 bridgehead atoms. The summed E-state index contributed by atoms with van der Waals surface area (Å²) in [4.78, 5) is 12.9. The van der Waals surface area contributed by atoms with Crippen molar-refractivity contribution in [2.45, 2.75) is 78.1 Å². The van der Waals surface area contributed by atoms with Crippen LogP contribution in [0.3, 0.4) is 0 Å². The molecule has 0 saturated heterocycles. The molecule has 11 heteroatoms. The maximum absolute atomic E-state index is 13.2. The summed E-state index contributed by atoms with van der Waals surface area (Å²) < 4.78 is 69.9. The summed E-state index contributed by atoms with van der Waals surface area (Å²) in [6.07, 6.45) is -1.12. The van der Waals surface area contributed by atoms with Gasteiger partial charge in [0.2, 0.25) is 0 Å². The van der Waals surface area contributed by atoms with Crippen molar-refractivity contribution in [3.63, 3.8) is 0 Å². The molecule has 2 aromatic rings. The standard InChI is InChI=1S/C25H31ClF5N3O2/c1-3-34-22(20(26)21(33-34)23(35)32-14-17-8-6-15(2)7-9-17)18-11-10-16(5-4-12-25(29,30)31)13-19(18)36-24(27)28/h10-11,13,15,17,24H,3-9,12,14H2,1-2H3,(H,32,35). The van der Waals surface area contributed by atoms with Gasteiger partial charge < -0.3 is 10.1 Å². The number of benzene rings is 1. The second kappa shape index (κ2) is 12.3. The van der Waals surface area contributed by atoms with Gasteiger partial charge in [-0.3, -0.25) is 9.48 Å². The molecule has 0 radical (unpaired) electrons. The lowest BCUT2D eigenvalue weighted by Gasteiger charge is -2.26. The Bertz CT molecular complexity index is 1030. The lowest BCUT2D eigenvalue weighted by Crippen LogP contribution is -2.31. The van der Waals surface area contributed by atoms with Crippen LogP contribution in [0.25, 0.3) is 11.3 Å². The number of nitrogens with zero attached hydrogens (tertiary/aromatic N) is 2. The van der Waals surface area contributed by atoms with Crippen LogP contribution in [-0.2, 0) is 13.0 Å². The maximum atomic E-state index is 13.2. The zero-order chi connectivity index (χ0) is 26.5. The quantitative estimate of drug-likeness (QED) is 0.326. The fourth-order valence-corrected chi connectivity index (χ4v) is 4.85. The summed E-state index contributed by atoms with van der Waals surface area (Å²) in [5.41, 5.74) is 0.801. The number of ether oxygens (including phenoxy) is 1. The number of hydrogen-bond donors (Lipinski definition) is 1. The molecule has 5 nitrogen and oxygen atoms in total. The third kappa shape index (κ3) is 7.57. The van der Waals surface area contributed by atoms with Gasteiger partial charge in [0.1, 0.15) is 5.75 Å². The molecule has 1 fully saturated rings. The highest BCUT2D eigenvalue weighted by atomic mass is 35.5. The molecule has 0 spiro atoms. The van der Waals surface area contributed by atoms with E-state index in [2.05, 4.69) is 17.3 Å². The van der Waals surface area contributed by atoms with Crippen molar-refractivity contribution in [1.82, 2.24) is 15.1 Å². The number of aromatic nitrogens is 2. The second-order valence-electron chi connectivity index (χ2n) is 9.34. The van der Waals surface area contributed by atoms with E-state index < -0.39 is 25.1 Å². The molecule has 1 saturated carbocycles. The van der Waals surface area contributed by atoms with E-state index in [1.54, 1.807) is 6.92 Å². The van der Waals surface area contributed by atoms with Crippen LogP contribution in [0.4, 0.5) is 22.0 Å². The molecule has 1 aromatic carbocycles. The van der Waals surface area contributed by atoms with Crippen LogP contribution in [0.1, 0.15) is 68.4 Å². The molecule has 1 heterocycles. The largest absolute Gasteiger partial charge is 0.434 e. The van der Waals surface area contributed by atoms with Gasteiger partial charge in [-0.15, -0.1) is 0 Å². The monoisotopic (exact) mass is 535 g/mol. The molecule has 1 aliphatic rings. The molecular formula is C25H31ClF5N3O2. The van der Waals surface area contributed by atoms with Crippen LogP contribution in [-0.4, -0.2) is 35.0 Å². The van der Waals surface area contributed by atoms with Crippen LogP contribution in [0.5, 0.6) is 5.75 Å². The summed E-state index contributed by atoms with van der Waals surface area (Å²) >= 11 is 6.55. The molecule has 3 rings (SSSR count). The number of amides is 1. The van der Waals surface area contributed by atoms with Gasteiger partial charge in [-0.2, -0.15) is 27.1 Å². The van der Waals surface area contributed by atoms with Gasteiger partial charge in [-0.25, -0.2) is 0 Å². The number of hydrogen-bond acceptors (Lipinski definition) is 3. The van der Waals surface area contributed by atoms with Gasteiger partial charge in [0, 0.05) is 25.1 Å². The van der Waals surface area contributed by atoms with Gasteiger partial charge in [0.25, 0.3) is 5.91 Å². The fourth-order valence-electron chi connectivity index (χ4n) is 4.53. The zero-order valence-corrected chi connectivity index (χ0v) is 21.1. The van der Waals surface area contributed by atoms with E-state index in [1.807, 2.05) is 0 Å². The molecule has 0 aliphatic heterocycles. The van der Waals surface area contributed by atoms with Crippen LogP contribution >= 0.6 is 11.6 Å². The molecule has 200 valence electrons. The lowest BCUT2D eigenvalue weighted by atomic mass is 9.83. The van der Waals surface area contributed by atoms with Gasteiger partial charge in [-0.1, -0.05) is 37.4 Å². The van der Waals surface area contributed by atoms with Crippen molar-refractivity contribution in [3.8, 4) is 17.0 Å². The van der Waals surface area contributed by atoms with E-state index in [0.717, 1.165) is 25.7 Å². The van der Waals surface area contributed by atoms with Crippen LogP contribution < -0.4 is 10.1 Å². The topological polar surface area (TPSA) is 56.2 Å². The van der Waals surface area contributed by atoms with Gasteiger partial charge in [0.05, 0.1) is 10.7 Å². The number of halogens is 6. The highest BCUT2D eigenvalue weighted by molar-refractivity contribution is 6.36. The highest BCUT2D eigenvalue weighted by Crippen LogP contribution is 2.39. The normalized spacial score (nSPS) is 18.5. The Balaban J connectivity index is 1.84. The highest BCUT2D eigenvalue weighted by Gasteiger charge is 2.28. The summed E-state index contributed by atoms with van der Waals surface area (Å²) in [5, 5.41) is 7.19. The molecule has 1 amide bonds. The number of rotatable bonds is 10. The minimum Gasteiger partial charge on any atom is -0.434 e. The van der Waals surface area contributed by atoms with E-state index in [9.17, 15) is 26.7 Å². The molecule has 0 unspecified atom stereocenters. The van der Waals surface area contributed by atoms with Crippen molar-refractivity contribution >= 4 is 17.5 Å². The first-order valence-electron chi connectivity index (χ1n) is 12.2. The van der Waals surface area contributed by atoms with Crippen LogP contribution in [0.15, 0.2) is 18.2 Å². The molecule has 36 heavy (non-hydrogen) atoms. The Morgan fingerprint density at radius 1 is 1.25 bits per heavy atom. The molecule has 0 atom stereocenters. The number of carbonyl (C=O) groups excluding carboxylic acids is 1. The number of aryl methyl sites for hydroxylation is 2. The minimum absolute atomic E-state index is 0.00412. The number of alkyl halides is 5. The van der Waals surface area contributed by atoms with E-state index >= 15 is 0 Å². The predicted molar refractivity (Wildman–Crippen MR) is 127 cm³/mol. The van der Waals surface area contributed by atoms with E-state index in [-0.39, 0.29) is 40.6 Å². The minimum atomic E-state index is -4.30. The zero-order valence-electron chi connectivity index (χ0n) is 20.3. The SMILES string of the molecule is CCn1nc(C(=O)NCC2CCC(C)CC2)c(Cl)c1-c1ccc(CCCC(F)(F)F)cc1OC(F)F. The van der Waals surface area contributed by atoms with Gasteiger partial charge in [-0.05, 0) is 62.1 Å². The Labute approximate surface area is 212 Å². The van der Waals surface area contributed by atoms with Gasteiger partial charge in [0.15, 0.2) is 5.69 Å². The van der Waals surface area contributed by atoms with Crippen molar-refractivity contribution in [2.75, 3.05) is 6.54 Å². The van der Waals surface area contributed by atoms with Crippen molar-refractivity contribution in [2.24, 2.45) is 11.8 Å². The van der Waals surface area contributed by atoms with Crippen molar-refractivity contribution in [3.05, 3.63) is 34.5 Å². The fraction of sp³-hybridized carbons (Fsp3) is 0.600. The Morgan fingerprint density at radius 2 is 1.94 bits per heavy atom. The Hall–Kier alpha value is -2.36. The Kier molecular flexibility index (Phi) is 9.60. The Morgan fingerprint density at radius 3 is 2.56 bits per heavy atom. The molecular weight excluding hydrogens is 505 g/mol. The average Bonchev–Trinajstić information content (AvgIpc) is 3.13. The van der Waals surface area contributed by atoms with Crippen molar-refractivity contribution in [1.29, 1.82) is 0 Å².